The molecule has 1 aromatic heterocycles. The molecule has 0 bridgehead atoms. The first-order valence-electron chi connectivity index (χ1n) is 5.55. The van der Waals surface area contributed by atoms with Crippen LogP contribution in [-0.4, -0.2) is 11.5 Å². The molecule has 0 fully saturated rings. The molecule has 0 unspecified atom stereocenters. The summed E-state index contributed by atoms with van der Waals surface area (Å²) in [7, 11) is 0. The average Bonchev–Trinajstić information content (AvgIpc) is 2.34. The van der Waals surface area contributed by atoms with Gasteiger partial charge in [-0.1, -0.05) is 29.8 Å². The largest absolute Gasteiger partial charge is 0.396 e. The third-order valence-electron chi connectivity index (χ3n) is 2.53. The van der Waals surface area contributed by atoms with E-state index in [1.54, 1.807) is 18.2 Å². The second-order valence-electron chi connectivity index (χ2n) is 3.86. The highest BCUT2D eigenvalue weighted by atomic mass is 35.5. The Morgan fingerprint density at radius 2 is 2.11 bits per heavy atom. The Labute approximate surface area is 110 Å². The maximum atomic E-state index is 13.4. The van der Waals surface area contributed by atoms with E-state index < -0.39 is 0 Å². The molecule has 1 heterocycles. The van der Waals surface area contributed by atoms with E-state index in [1.165, 1.54) is 12.3 Å². The summed E-state index contributed by atoms with van der Waals surface area (Å²) >= 11 is 5.75. The van der Waals surface area contributed by atoms with E-state index in [0.29, 0.717) is 35.1 Å². The van der Waals surface area contributed by atoms with Gasteiger partial charge in [0.2, 0.25) is 0 Å². The molecule has 3 N–H and O–H groups in total. The molecule has 0 aliphatic rings. The fraction of sp³-hybridized carbons (Fsp3) is 0.154. The van der Waals surface area contributed by atoms with E-state index in [4.69, 9.17) is 17.3 Å². The number of nitrogens with one attached hydrogen (secondary N) is 1. The molecule has 2 rings (SSSR count). The van der Waals surface area contributed by atoms with Gasteiger partial charge < -0.3 is 11.1 Å². The number of aromatic nitrogens is 1. The van der Waals surface area contributed by atoms with Crippen molar-refractivity contribution < 1.29 is 4.39 Å². The summed E-state index contributed by atoms with van der Waals surface area (Å²) in [6, 6.07) is 8.32. The van der Waals surface area contributed by atoms with Crippen molar-refractivity contribution in [1.29, 1.82) is 0 Å². The Hall–Kier alpha value is -1.81. The van der Waals surface area contributed by atoms with Gasteiger partial charge in [-0.25, -0.2) is 9.37 Å². The highest BCUT2D eigenvalue weighted by molar-refractivity contribution is 6.30. The topological polar surface area (TPSA) is 50.9 Å². The van der Waals surface area contributed by atoms with E-state index in [0.717, 1.165) is 0 Å². The summed E-state index contributed by atoms with van der Waals surface area (Å²) in [6.07, 6.45) is 2.08. The molecule has 5 heteroatoms. The van der Waals surface area contributed by atoms with Gasteiger partial charge >= 0.3 is 0 Å². The molecular formula is C13H13ClFN3. The van der Waals surface area contributed by atoms with E-state index in [1.807, 2.05) is 6.07 Å². The number of nitrogens with two attached hydrogens (primary N) is 1. The van der Waals surface area contributed by atoms with Crippen LogP contribution in [0.15, 0.2) is 36.5 Å². The quantitative estimate of drug-likeness (QED) is 0.893. The number of hydrogen-bond donors (Lipinski definition) is 2. The van der Waals surface area contributed by atoms with Crippen LogP contribution < -0.4 is 11.1 Å². The third-order valence-corrected chi connectivity index (χ3v) is 2.74. The van der Waals surface area contributed by atoms with Crippen LogP contribution in [0.3, 0.4) is 0 Å². The van der Waals surface area contributed by atoms with Crippen LogP contribution in [0.1, 0.15) is 5.56 Å². The molecule has 0 aliphatic carbocycles. The molecule has 1 aromatic carbocycles. The van der Waals surface area contributed by atoms with Gasteiger partial charge in [-0.2, -0.15) is 0 Å². The van der Waals surface area contributed by atoms with Crippen LogP contribution in [0.4, 0.5) is 15.9 Å². The molecule has 0 saturated heterocycles. The van der Waals surface area contributed by atoms with Crippen LogP contribution in [0.5, 0.6) is 0 Å². The summed E-state index contributed by atoms with van der Waals surface area (Å²) in [4.78, 5) is 4.07. The van der Waals surface area contributed by atoms with E-state index in [-0.39, 0.29) is 5.82 Å². The Morgan fingerprint density at radius 1 is 1.33 bits per heavy atom. The van der Waals surface area contributed by atoms with Gasteiger partial charge in [0.05, 0.1) is 10.7 Å². The summed E-state index contributed by atoms with van der Waals surface area (Å²) in [6.45, 7) is 0.555. The zero-order valence-corrected chi connectivity index (χ0v) is 10.4. The molecule has 0 aliphatic heterocycles. The van der Waals surface area contributed by atoms with Gasteiger partial charge in [0.1, 0.15) is 11.6 Å². The Kier molecular flexibility index (Phi) is 3.99. The van der Waals surface area contributed by atoms with Crippen LogP contribution >= 0.6 is 11.6 Å². The van der Waals surface area contributed by atoms with Gasteiger partial charge in [-0.3, -0.25) is 0 Å². The molecule has 0 spiro atoms. The Morgan fingerprint density at radius 3 is 2.83 bits per heavy atom. The lowest BCUT2D eigenvalue weighted by Gasteiger charge is -2.08. The lowest BCUT2D eigenvalue weighted by atomic mass is 10.1. The minimum absolute atomic E-state index is 0.198. The minimum Gasteiger partial charge on any atom is -0.396 e. The SMILES string of the molecule is Nc1cc(Cl)cnc1NCCc1ccccc1F. The molecule has 94 valence electrons. The summed E-state index contributed by atoms with van der Waals surface area (Å²) in [5.74, 6) is 0.368. The molecule has 0 amide bonds. The minimum atomic E-state index is -0.198. The monoisotopic (exact) mass is 265 g/mol. The highest BCUT2D eigenvalue weighted by Crippen LogP contribution is 2.19. The second kappa shape index (κ2) is 5.69. The van der Waals surface area contributed by atoms with Crippen LogP contribution in [0.2, 0.25) is 5.02 Å². The maximum absolute atomic E-state index is 13.4. The summed E-state index contributed by atoms with van der Waals surface area (Å²) in [5.41, 5.74) is 6.89. The number of halogens is 2. The summed E-state index contributed by atoms with van der Waals surface area (Å²) < 4.78 is 13.4. The smallest absolute Gasteiger partial charge is 0.149 e. The van der Waals surface area contributed by atoms with Crippen molar-refractivity contribution in [2.24, 2.45) is 0 Å². The molecule has 18 heavy (non-hydrogen) atoms. The van der Waals surface area contributed by atoms with Gasteiger partial charge in [0.15, 0.2) is 0 Å². The molecular weight excluding hydrogens is 253 g/mol. The predicted octanol–water partition coefficient (Wildman–Crippen LogP) is 3.11. The average molecular weight is 266 g/mol. The standard InChI is InChI=1S/C13H13ClFN3/c14-10-7-12(16)13(18-8-10)17-6-5-9-3-1-2-4-11(9)15/h1-4,7-8H,5-6,16H2,(H,17,18). The number of nitrogens with zero attached hydrogens (tertiary/aromatic N) is 1. The number of nitrogen functional groups attached to an aromatic ring is 1. The van der Waals surface area contributed by atoms with E-state index in [2.05, 4.69) is 10.3 Å². The number of anilines is 2. The van der Waals surface area contributed by atoms with E-state index >= 15 is 0 Å². The Bertz CT molecular complexity index is 546. The zero-order chi connectivity index (χ0) is 13.0. The maximum Gasteiger partial charge on any atom is 0.149 e. The van der Waals surface area contributed by atoms with Crippen molar-refractivity contribution in [3.63, 3.8) is 0 Å². The first-order valence-corrected chi connectivity index (χ1v) is 5.93. The number of rotatable bonds is 4. The van der Waals surface area contributed by atoms with Crippen molar-refractivity contribution in [2.75, 3.05) is 17.6 Å². The van der Waals surface area contributed by atoms with Crippen molar-refractivity contribution in [3.8, 4) is 0 Å². The fourth-order valence-corrected chi connectivity index (χ4v) is 1.79. The van der Waals surface area contributed by atoms with Crippen LogP contribution in [0, 0.1) is 5.82 Å². The van der Waals surface area contributed by atoms with Crippen molar-refractivity contribution in [1.82, 2.24) is 4.98 Å². The normalized spacial score (nSPS) is 10.3. The van der Waals surface area contributed by atoms with Crippen molar-refractivity contribution in [3.05, 3.63) is 52.9 Å². The van der Waals surface area contributed by atoms with Crippen molar-refractivity contribution >= 4 is 23.1 Å². The molecule has 3 nitrogen and oxygen atoms in total. The molecule has 0 atom stereocenters. The van der Waals surface area contributed by atoms with Crippen LogP contribution in [0.25, 0.3) is 0 Å². The van der Waals surface area contributed by atoms with E-state index in [9.17, 15) is 4.39 Å². The third kappa shape index (κ3) is 3.11. The summed E-state index contributed by atoms with van der Waals surface area (Å²) in [5, 5.41) is 3.55. The van der Waals surface area contributed by atoms with Crippen LogP contribution in [-0.2, 0) is 6.42 Å². The lowest BCUT2D eigenvalue weighted by molar-refractivity contribution is 0.610. The zero-order valence-electron chi connectivity index (χ0n) is 9.66. The highest BCUT2D eigenvalue weighted by Gasteiger charge is 2.03. The molecule has 0 saturated carbocycles. The first kappa shape index (κ1) is 12.6. The Balaban J connectivity index is 1.95. The fourth-order valence-electron chi connectivity index (χ4n) is 1.62. The number of pyridine rings is 1. The van der Waals surface area contributed by atoms with Gasteiger partial charge in [-0.05, 0) is 24.1 Å². The van der Waals surface area contributed by atoms with Gasteiger partial charge in [0, 0.05) is 12.7 Å². The first-order chi connectivity index (χ1) is 8.66. The van der Waals surface area contributed by atoms with Gasteiger partial charge in [0.25, 0.3) is 0 Å². The number of benzene rings is 1. The molecule has 0 radical (unpaired) electrons. The van der Waals surface area contributed by atoms with Gasteiger partial charge in [-0.15, -0.1) is 0 Å². The number of hydrogen-bond acceptors (Lipinski definition) is 3. The van der Waals surface area contributed by atoms with Crippen molar-refractivity contribution in [2.45, 2.75) is 6.42 Å². The lowest BCUT2D eigenvalue weighted by Crippen LogP contribution is -2.09. The molecule has 2 aromatic rings. The second-order valence-corrected chi connectivity index (χ2v) is 4.30. The predicted molar refractivity (Wildman–Crippen MR) is 72.3 cm³/mol.